The first kappa shape index (κ1) is 15.7. The van der Waals surface area contributed by atoms with Crippen LogP contribution in [0.15, 0.2) is 54.9 Å². The van der Waals surface area contributed by atoms with Gasteiger partial charge in [0, 0.05) is 18.9 Å². The summed E-state index contributed by atoms with van der Waals surface area (Å²) in [4.78, 5) is 19.1. The van der Waals surface area contributed by atoms with E-state index in [0.29, 0.717) is 18.7 Å². The van der Waals surface area contributed by atoms with Gasteiger partial charge < -0.3 is 19.1 Å². The number of amides is 1. The number of likely N-dealkylation sites (tertiary alicyclic amines) is 1. The Bertz CT molecular complexity index is 888. The standard InChI is InChI=1S/C19H19N3O3/c1-25-15-6-4-5-13(9-15)17-10-14(23)11-22(17)19(24)16-12-21-8-3-2-7-18(21)20-16/h2-9,12,14,17,23H,10-11H2,1H3/t14-,17-/m0/s1. The number of carbonyl (C=O) groups excluding carboxylic acids is 1. The quantitative estimate of drug-likeness (QED) is 0.796. The molecule has 1 aromatic carbocycles. The Hall–Kier alpha value is -2.86. The molecule has 0 aliphatic carbocycles. The van der Waals surface area contributed by atoms with Crippen molar-refractivity contribution in [3.8, 4) is 5.75 Å². The topological polar surface area (TPSA) is 67.1 Å². The minimum atomic E-state index is -0.544. The maximum atomic E-state index is 13.0. The van der Waals surface area contributed by atoms with Crippen molar-refractivity contribution < 1.29 is 14.6 Å². The number of fused-ring (bicyclic) bond motifs is 1. The zero-order chi connectivity index (χ0) is 17.4. The van der Waals surface area contributed by atoms with Gasteiger partial charge in [0.15, 0.2) is 0 Å². The molecular weight excluding hydrogens is 318 g/mol. The van der Waals surface area contributed by atoms with Gasteiger partial charge >= 0.3 is 0 Å². The summed E-state index contributed by atoms with van der Waals surface area (Å²) in [6.07, 6.45) is 3.55. The van der Waals surface area contributed by atoms with Gasteiger partial charge in [0.2, 0.25) is 0 Å². The SMILES string of the molecule is COc1cccc([C@@H]2C[C@H](O)CN2C(=O)c2cn3ccccc3n2)c1. The van der Waals surface area contributed by atoms with Crippen LogP contribution in [0.25, 0.3) is 5.65 Å². The smallest absolute Gasteiger partial charge is 0.274 e. The molecule has 1 fully saturated rings. The average molecular weight is 337 g/mol. The monoisotopic (exact) mass is 337 g/mol. The van der Waals surface area contributed by atoms with E-state index in [2.05, 4.69) is 4.98 Å². The molecule has 2 aromatic heterocycles. The van der Waals surface area contributed by atoms with E-state index in [4.69, 9.17) is 4.74 Å². The second-order valence-corrected chi connectivity index (χ2v) is 6.23. The van der Waals surface area contributed by atoms with Gasteiger partial charge in [-0.1, -0.05) is 18.2 Å². The Balaban J connectivity index is 1.67. The highest BCUT2D eigenvalue weighted by atomic mass is 16.5. The van der Waals surface area contributed by atoms with Gasteiger partial charge in [-0.3, -0.25) is 4.79 Å². The lowest BCUT2D eigenvalue weighted by Gasteiger charge is -2.24. The lowest BCUT2D eigenvalue weighted by atomic mass is 10.0. The van der Waals surface area contributed by atoms with Crippen molar-refractivity contribution in [2.45, 2.75) is 18.6 Å². The molecule has 1 saturated heterocycles. The largest absolute Gasteiger partial charge is 0.497 e. The van der Waals surface area contributed by atoms with Crippen LogP contribution < -0.4 is 4.74 Å². The predicted octanol–water partition coefficient (Wildman–Crippen LogP) is 2.29. The van der Waals surface area contributed by atoms with Gasteiger partial charge in [0.1, 0.15) is 17.1 Å². The number of aromatic nitrogens is 2. The summed E-state index contributed by atoms with van der Waals surface area (Å²) in [5.41, 5.74) is 2.06. The molecule has 0 bridgehead atoms. The number of methoxy groups -OCH3 is 1. The summed E-state index contributed by atoms with van der Waals surface area (Å²) in [5.74, 6) is 0.562. The molecule has 1 aliphatic heterocycles. The van der Waals surface area contributed by atoms with Gasteiger partial charge in [-0.15, -0.1) is 0 Å². The molecule has 128 valence electrons. The molecule has 6 heteroatoms. The van der Waals surface area contributed by atoms with Gasteiger partial charge in [-0.2, -0.15) is 0 Å². The van der Waals surface area contributed by atoms with Crippen LogP contribution >= 0.6 is 0 Å². The summed E-state index contributed by atoms with van der Waals surface area (Å²) in [6, 6.07) is 13.1. The summed E-state index contributed by atoms with van der Waals surface area (Å²) in [5, 5.41) is 10.1. The van der Waals surface area contributed by atoms with E-state index >= 15 is 0 Å². The number of imidazole rings is 1. The molecule has 0 saturated carbocycles. The lowest BCUT2D eigenvalue weighted by molar-refractivity contribution is 0.0710. The predicted molar refractivity (Wildman–Crippen MR) is 92.6 cm³/mol. The van der Waals surface area contributed by atoms with Gasteiger partial charge in [-0.05, 0) is 36.2 Å². The van der Waals surface area contributed by atoms with Crippen LogP contribution in [0.5, 0.6) is 5.75 Å². The van der Waals surface area contributed by atoms with E-state index in [1.807, 2.05) is 53.1 Å². The first-order valence-corrected chi connectivity index (χ1v) is 8.22. The van der Waals surface area contributed by atoms with E-state index < -0.39 is 6.10 Å². The van der Waals surface area contributed by atoms with Crippen LogP contribution in [-0.4, -0.2) is 45.1 Å². The average Bonchev–Trinajstić information content (AvgIpc) is 3.24. The van der Waals surface area contributed by atoms with Crippen molar-refractivity contribution in [3.63, 3.8) is 0 Å². The second-order valence-electron chi connectivity index (χ2n) is 6.23. The van der Waals surface area contributed by atoms with E-state index in [9.17, 15) is 9.90 Å². The minimum absolute atomic E-state index is 0.173. The number of nitrogens with zero attached hydrogens (tertiary/aromatic N) is 3. The maximum Gasteiger partial charge on any atom is 0.274 e. The third kappa shape index (κ3) is 2.85. The van der Waals surface area contributed by atoms with Crippen LogP contribution in [0.4, 0.5) is 0 Å². The first-order valence-electron chi connectivity index (χ1n) is 8.22. The number of benzene rings is 1. The Kier molecular flexibility index (Phi) is 3.89. The fraction of sp³-hybridized carbons (Fsp3) is 0.263. The summed E-state index contributed by atoms with van der Waals surface area (Å²) in [6.45, 7) is 0.300. The summed E-state index contributed by atoms with van der Waals surface area (Å²) < 4.78 is 7.10. The number of hydrogen-bond donors (Lipinski definition) is 1. The normalized spacial score (nSPS) is 20.2. The van der Waals surface area contributed by atoms with E-state index in [1.54, 1.807) is 18.2 Å². The first-order chi connectivity index (χ1) is 12.2. The van der Waals surface area contributed by atoms with Crippen LogP contribution in [0.1, 0.15) is 28.5 Å². The summed E-state index contributed by atoms with van der Waals surface area (Å²) >= 11 is 0. The molecule has 4 rings (SSSR count). The number of aliphatic hydroxyl groups is 1. The number of rotatable bonds is 3. The molecule has 25 heavy (non-hydrogen) atoms. The van der Waals surface area contributed by atoms with Crippen molar-refractivity contribution in [3.05, 3.63) is 66.1 Å². The van der Waals surface area contributed by atoms with E-state index in [-0.39, 0.29) is 11.9 Å². The number of carbonyl (C=O) groups is 1. The molecule has 1 aliphatic rings. The number of hydrogen-bond acceptors (Lipinski definition) is 4. The lowest BCUT2D eigenvalue weighted by Crippen LogP contribution is -2.32. The zero-order valence-corrected chi connectivity index (χ0v) is 13.9. The summed E-state index contributed by atoms with van der Waals surface area (Å²) in [7, 11) is 1.61. The fourth-order valence-corrected chi connectivity index (χ4v) is 3.39. The Morgan fingerprint density at radius 3 is 2.96 bits per heavy atom. The number of ether oxygens (including phenoxy) is 1. The second kappa shape index (κ2) is 6.22. The molecule has 1 N–H and O–H groups in total. The van der Waals surface area contributed by atoms with Gasteiger partial charge in [-0.25, -0.2) is 4.98 Å². The zero-order valence-electron chi connectivity index (χ0n) is 13.9. The fourth-order valence-electron chi connectivity index (χ4n) is 3.39. The highest BCUT2D eigenvalue weighted by Gasteiger charge is 2.36. The maximum absolute atomic E-state index is 13.0. The Morgan fingerprint density at radius 2 is 2.16 bits per heavy atom. The molecule has 3 aromatic rings. The van der Waals surface area contributed by atoms with E-state index in [0.717, 1.165) is 17.0 Å². The van der Waals surface area contributed by atoms with Crippen molar-refractivity contribution in [1.82, 2.24) is 14.3 Å². The van der Waals surface area contributed by atoms with Crippen molar-refractivity contribution in [2.75, 3.05) is 13.7 Å². The molecule has 2 atom stereocenters. The minimum Gasteiger partial charge on any atom is -0.497 e. The Morgan fingerprint density at radius 1 is 1.28 bits per heavy atom. The van der Waals surface area contributed by atoms with Gasteiger partial charge in [0.25, 0.3) is 5.91 Å². The van der Waals surface area contributed by atoms with Crippen molar-refractivity contribution >= 4 is 11.6 Å². The molecule has 0 radical (unpaired) electrons. The van der Waals surface area contributed by atoms with Crippen LogP contribution in [0, 0.1) is 0 Å². The van der Waals surface area contributed by atoms with Crippen molar-refractivity contribution in [1.29, 1.82) is 0 Å². The number of aliphatic hydroxyl groups excluding tert-OH is 1. The van der Waals surface area contributed by atoms with Crippen molar-refractivity contribution in [2.24, 2.45) is 0 Å². The van der Waals surface area contributed by atoms with E-state index in [1.165, 1.54) is 0 Å². The molecule has 0 unspecified atom stereocenters. The van der Waals surface area contributed by atoms with Crippen LogP contribution in [0.2, 0.25) is 0 Å². The highest BCUT2D eigenvalue weighted by molar-refractivity contribution is 5.93. The third-order valence-electron chi connectivity index (χ3n) is 4.60. The molecule has 0 spiro atoms. The number of pyridine rings is 1. The molecule has 1 amide bonds. The molecule has 6 nitrogen and oxygen atoms in total. The highest BCUT2D eigenvalue weighted by Crippen LogP contribution is 2.34. The van der Waals surface area contributed by atoms with Crippen LogP contribution in [-0.2, 0) is 0 Å². The molecule has 3 heterocycles. The van der Waals surface area contributed by atoms with Crippen LogP contribution in [0.3, 0.4) is 0 Å². The third-order valence-corrected chi connectivity index (χ3v) is 4.60. The number of β-amino-alcohol motifs (C(OH)–C–C–N with tert-alkyl or cyclic N) is 1. The Labute approximate surface area is 145 Å². The van der Waals surface area contributed by atoms with Gasteiger partial charge in [0.05, 0.1) is 19.3 Å². The molecular formula is C19H19N3O3.